The Bertz CT molecular complexity index is 2790. The maximum atomic E-state index is 6.58. The van der Waals surface area contributed by atoms with E-state index in [2.05, 4.69) is 199 Å². The molecular weight excluding hydrogens is 631 g/mol. The monoisotopic (exact) mass is 663 g/mol. The van der Waals surface area contributed by atoms with Crippen LogP contribution in [0.15, 0.2) is 205 Å². The van der Waals surface area contributed by atoms with Crippen LogP contribution in [0.1, 0.15) is 0 Å². The lowest BCUT2D eigenvalue weighted by Crippen LogP contribution is -2.10. The zero-order chi connectivity index (χ0) is 34.4. The van der Waals surface area contributed by atoms with E-state index in [-0.39, 0.29) is 0 Å². The number of hydrogen-bond acceptors (Lipinski definition) is 2. The minimum Gasteiger partial charge on any atom is -0.456 e. The Morgan fingerprint density at radius 1 is 0.308 bits per heavy atom. The van der Waals surface area contributed by atoms with E-state index in [1.54, 1.807) is 0 Å². The molecule has 0 saturated carbocycles. The van der Waals surface area contributed by atoms with Gasteiger partial charge in [0.15, 0.2) is 0 Å². The number of para-hydroxylation sites is 1. The molecule has 0 N–H and O–H groups in total. The van der Waals surface area contributed by atoms with Crippen molar-refractivity contribution in [1.82, 2.24) is 0 Å². The molecule has 10 rings (SSSR count). The van der Waals surface area contributed by atoms with Crippen molar-refractivity contribution in [2.24, 2.45) is 0 Å². The van der Waals surface area contributed by atoms with Gasteiger partial charge >= 0.3 is 0 Å². The van der Waals surface area contributed by atoms with Crippen molar-refractivity contribution in [3.8, 4) is 33.4 Å². The lowest BCUT2D eigenvalue weighted by Gasteiger charge is -2.26. The van der Waals surface area contributed by atoms with E-state index in [9.17, 15) is 0 Å². The first-order valence-corrected chi connectivity index (χ1v) is 17.8. The van der Waals surface area contributed by atoms with Crippen LogP contribution in [0.4, 0.5) is 17.1 Å². The highest BCUT2D eigenvalue weighted by Crippen LogP contribution is 2.44. The first kappa shape index (κ1) is 30.0. The van der Waals surface area contributed by atoms with E-state index >= 15 is 0 Å². The second kappa shape index (κ2) is 12.5. The summed E-state index contributed by atoms with van der Waals surface area (Å²) in [6.07, 6.45) is 0. The van der Waals surface area contributed by atoms with Gasteiger partial charge in [-0.2, -0.15) is 0 Å². The van der Waals surface area contributed by atoms with Crippen LogP contribution in [0.25, 0.3) is 76.9 Å². The Hall–Kier alpha value is -6.90. The lowest BCUT2D eigenvalue weighted by atomic mass is 9.93. The summed E-state index contributed by atoms with van der Waals surface area (Å²) in [5.41, 5.74) is 12.1. The molecule has 10 aromatic rings. The van der Waals surface area contributed by atoms with Gasteiger partial charge in [0.05, 0.1) is 0 Å². The summed E-state index contributed by atoms with van der Waals surface area (Å²) in [7, 11) is 0. The Morgan fingerprint density at radius 3 is 1.52 bits per heavy atom. The number of rotatable bonds is 6. The Kier molecular flexibility index (Phi) is 7.18. The van der Waals surface area contributed by atoms with Gasteiger partial charge in [-0.1, -0.05) is 146 Å². The predicted molar refractivity (Wildman–Crippen MR) is 220 cm³/mol. The summed E-state index contributed by atoms with van der Waals surface area (Å²) in [6.45, 7) is 0. The Labute approximate surface area is 302 Å². The van der Waals surface area contributed by atoms with Gasteiger partial charge in [-0.15, -0.1) is 0 Å². The average molecular weight is 664 g/mol. The molecule has 0 amide bonds. The van der Waals surface area contributed by atoms with Gasteiger partial charge in [-0.3, -0.25) is 0 Å². The van der Waals surface area contributed by atoms with Crippen LogP contribution >= 0.6 is 0 Å². The third-order valence-corrected chi connectivity index (χ3v) is 10.2. The van der Waals surface area contributed by atoms with Crippen molar-refractivity contribution in [1.29, 1.82) is 0 Å². The van der Waals surface area contributed by atoms with Gasteiger partial charge in [0.1, 0.15) is 11.2 Å². The highest BCUT2D eigenvalue weighted by Gasteiger charge is 2.19. The standard InChI is InChI=1S/C50H33NO/c1-3-11-34(12-4-1)37-21-25-41(26-22-37)51(42-27-23-38(24-28-42)35-13-5-2-6-14-35)43-29-30-44-46(40-20-19-36-15-7-8-16-39(36)31-40)33-49-50(47(44)32-43)45-17-9-10-18-48(45)52-49/h1-33H. The van der Waals surface area contributed by atoms with E-state index in [1.807, 2.05) is 6.07 Å². The molecule has 0 atom stereocenters. The molecule has 244 valence electrons. The molecule has 9 aromatic carbocycles. The number of nitrogens with zero attached hydrogens (tertiary/aromatic N) is 1. The van der Waals surface area contributed by atoms with Crippen molar-refractivity contribution in [3.63, 3.8) is 0 Å². The van der Waals surface area contributed by atoms with E-state index < -0.39 is 0 Å². The lowest BCUT2D eigenvalue weighted by molar-refractivity contribution is 0.669. The Balaban J connectivity index is 1.19. The maximum absolute atomic E-state index is 6.58. The van der Waals surface area contributed by atoms with Crippen LogP contribution in [0.2, 0.25) is 0 Å². The molecule has 1 aromatic heterocycles. The van der Waals surface area contributed by atoms with Crippen molar-refractivity contribution < 1.29 is 4.42 Å². The molecule has 0 aliphatic carbocycles. The van der Waals surface area contributed by atoms with E-state index in [4.69, 9.17) is 4.42 Å². The van der Waals surface area contributed by atoms with Gasteiger partial charge in [-0.05, 0) is 110 Å². The fourth-order valence-corrected chi connectivity index (χ4v) is 7.68. The van der Waals surface area contributed by atoms with Crippen LogP contribution in [0.5, 0.6) is 0 Å². The number of benzene rings is 9. The average Bonchev–Trinajstić information content (AvgIpc) is 3.60. The van der Waals surface area contributed by atoms with E-state index in [0.717, 1.165) is 50.0 Å². The zero-order valence-corrected chi connectivity index (χ0v) is 28.4. The van der Waals surface area contributed by atoms with Gasteiger partial charge < -0.3 is 9.32 Å². The van der Waals surface area contributed by atoms with Crippen LogP contribution in [0, 0.1) is 0 Å². The van der Waals surface area contributed by atoms with E-state index in [1.165, 1.54) is 44.0 Å². The second-order valence-electron chi connectivity index (χ2n) is 13.3. The van der Waals surface area contributed by atoms with Crippen molar-refractivity contribution in [3.05, 3.63) is 200 Å². The number of fused-ring (bicyclic) bond motifs is 6. The molecule has 0 saturated heterocycles. The van der Waals surface area contributed by atoms with Crippen LogP contribution < -0.4 is 4.90 Å². The van der Waals surface area contributed by atoms with Crippen LogP contribution in [-0.4, -0.2) is 0 Å². The maximum Gasteiger partial charge on any atom is 0.136 e. The number of furan rings is 1. The van der Waals surface area contributed by atoms with Gasteiger partial charge in [0, 0.05) is 27.8 Å². The normalized spacial score (nSPS) is 11.5. The summed E-state index contributed by atoms with van der Waals surface area (Å²) in [5.74, 6) is 0. The largest absolute Gasteiger partial charge is 0.456 e. The number of hydrogen-bond donors (Lipinski definition) is 0. The first-order chi connectivity index (χ1) is 25.8. The number of anilines is 3. The highest BCUT2D eigenvalue weighted by molar-refractivity contribution is 6.23. The van der Waals surface area contributed by atoms with Gasteiger partial charge in [0.25, 0.3) is 0 Å². The molecule has 0 unspecified atom stereocenters. The van der Waals surface area contributed by atoms with Crippen LogP contribution in [-0.2, 0) is 0 Å². The predicted octanol–water partition coefficient (Wildman–Crippen LogP) is 14.4. The minimum absolute atomic E-state index is 0.889. The molecule has 0 bridgehead atoms. The zero-order valence-electron chi connectivity index (χ0n) is 28.4. The van der Waals surface area contributed by atoms with Gasteiger partial charge in [0.2, 0.25) is 0 Å². The smallest absolute Gasteiger partial charge is 0.136 e. The summed E-state index contributed by atoms with van der Waals surface area (Å²) in [6, 6.07) is 71.7. The molecule has 0 aliphatic rings. The molecule has 2 heteroatoms. The molecule has 52 heavy (non-hydrogen) atoms. The van der Waals surface area contributed by atoms with Gasteiger partial charge in [-0.25, -0.2) is 0 Å². The topological polar surface area (TPSA) is 16.4 Å². The highest BCUT2D eigenvalue weighted by atomic mass is 16.3. The molecular formula is C50H33NO. The fraction of sp³-hybridized carbons (Fsp3) is 0. The molecule has 0 spiro atoms. The summed E-state index contributed by atoms with van der Waals surface area (Å²) >= 11 is 0. The minimum atomic E-state index is 0.889. The molecule has 0 fully saturated rings. The van der Waals surface area contributed by atoms with Crippen molar-refractivity contribution in [2.75, 3.05) is 4.90 Å². The fourth-order valence-electron chi connectivity index (χ4n) is 7.68. The third kappa shape index (κ3) is 5.21. The molecule has 1 heterocycles. The van der Waals surface area contributed by atoms with Crippen molar-refractivity contribution in [2.45, 2.75) is 0 Å². The van der Waals surface area contributed by atoms with Crippen molar-refractivity contribution >= 4 is 60.5 Å². The SMILES string of the molecule is c1ccc(-c2ccc(N(c3ccc(-c4ccccc4)cc3)c3ccc4c(-c5ccc6ccccc6c5)cc5oc6ccccc6c5c4c3)cc2)cc1. The summed E-state index contributed by atoms with van der Waals surface area (Å²) < 4.78 is 6.58. The Morgan fingerprint density at radius 2 is 0.846 bits per heavy atom. The quantitative estimate of drug-likeness (QED) is 0.176. The van der Waals surface area contributed by atoms with Crippen LogP contribution in [0.3, 0.4) is 0 Å². The molecule has 0 radical (unpaired) electrons. The summed E-state index contributed by atoms with van der Waals surface area (Å²) in [4.78, 5) is 2.36. The molecule has 2 nitrogen and oxygen atoms in total. The first-order valence-electron chi connectivity index (χ1n) is 17.8. The molecule has 0 aliphatic heterocycles. The third-order valence-electron chi connectivity index (χ3n) is 10.2. The second-order valence-corrected chi connectivity index (χ2v) is 13.3. The van der Waals surface area contributed by atoms with E-state index in [0.29, 0.717) is 0 Å². The summed E-state index contributed by atoms with van der Waals surface area (Å²) in [5, 5.41) is 7.06.